The first-order valence-corrected chi connectivity index (χ1v) is 9.41. The van der Waals surface area contributed by atoms with Crippen molar-refractivity contribution < 1.29 is 13.7 Å². The highest BCUT2D eigenvalue weighted by Crippen LogP contribution is 2.48. The number of fused-ring (bicyclic) bond motifs is 3. The molecule has 0 fully saturated rings. The number of nitrogens with zero attached hydrogens (tertiary/aromatic N) is 2. The predicted octanol–water partition coefficient (Wildman–Crippen LogP) is 5.73. The van der Waals surface area contributed by atoms with Gasteiger partial charge in [-0.2, -0.15) is 0 Å². The van der Waals surface area contributed by atoms with Crippen molar-refractivity contribution in [2.24, 2.45) is 7.05 Å². The zero-order chi connectivity index (χ0) is 19.6. The average molecular weight is 369 g/mol. The van der Waals surface area contributed by atoms with Crippen LogP contribution in [0, 0.1) is 13.5 Å². The Kier molecular flexibility index (Phi) is 3.36. The molecule has 0 N–H and O–H groups in total. The summed E-state index contributed by atoms with van der Waals surface area (Å²) in [7, 11) is 2.06. The van der Waals surface area contributed by atoms with Gasteiger partial charge in [0.05, 0.1) is 23.6 Å². The molecule has 2 aromatic heterocycles. The molecule has 0 saturated heterocycles. The maximum atomic E-state index is 7.45. The number of aryl methyl sites for hydroxylation is 2. The summed E-state index contributed by atoms with van der Waals surface area (Å²) < 4.78 is 14.3. The third-order valence-corrected chi connectivity index (χ3v) is 5.60. The van der Waals surface area contributed by atoms with E-state index in [2.05, 4.69) is 53.8 Å². The number of furan rings is 1. The second kappa shape index (κ2) is 5.59. The Balaban J connectivity index is 1.82. The Morgan fingerprint density at radius 3 is 2.71 bits per heavy atom. The second-order valence-corrected chi connectivity index (χ2v) is 8.25. The average Bonchev–Trinajstić information content (AvgIpc) is 3.12. The van der Waals surface area contributed by atoms with Crippen LogP contribution in [0.25, 0.3) is 37.8 Å². The molecule has 0 radical (unpaired) electrons. The topological polar surface area (TPSA) is 30.6 Å². The lowest BCUT2D eigenvalue weighted by atomic mass is 9.90. The van der Waals surface area contributed by atoms with E-state index < -0.39 is 5.54 Å². The molecular weight excluding hydrogens is 348 g/mol. The van der Waals surface area contributed by atoms with Crippen LogP contribution < -0.4 is 9.30 Å². The molecule has 28 heavy (non-hydrogen) atoms. The number of rotatable bonds is 2. The van der Waals surface area contributed by atoms with E-state index in [4.69, 9.17) is 15.7 Å². The molecule has 4 aromatic rings. The molecule has 1 aliphatic heterocycles. The highest BCUT2D eigenvalue weighted by atomic mass is 16.5. The summed E-state index contributed by atoms with van der Waals surface area (Å²) in [6.07, 6.45) is 4.50. The first-order valence-electron chi connectivity index (χ1n) is 9.41. The number of aromatic nitrogens is 1. The van der Waals surface area contributed by atoms with Gasteiger partial charge in [0.15, 0.2) is 6.20 Å². The maximum absolute atomic E-state index is 7.45. The fourth-order valence-electron chi connectivity index (χ4n) is 4.29. The van der Waals surface area contributed by atoms with Gasteiger partial charge in [-0.1, -0.05) is 6.07 Å². The van der Waals surface area contributed by atoms with Gasteiger partial charge in [-0.25, -0.2) is 11.1 Å². The molecule has 0 atom stereocenters. The van der Waals surface area contributed by atoms with E-state index in [-0.39, 0.29) is 0 Å². The summed E-state index contributed by atoms with van der Waals surface area (Å²) in [6, 6.07) is 10.4. The van der Waals surface area contributed by atoms with Crippen LogP contribution in [-0.4, -0.2) is 5.54 Å². The molecule has 0 spiro atoms. The van der Waals surface area contributed by atoms with Gasteiger partial charge in [0.1, 0.15) is 24.1 Å². The van der Waals surface area contributed by atoms with Crippen LogP contribution in [0.1, 0.15) is 25.0 Å². The summed E-state index contributed by atoms with van der Waals surface area (Å²) in [4.78, 5) is 3.77. The Labute approximate surface area is 163 Å². The lowest BCUT2D eigenvalue weighted by molar-refractivity contribution is -0.659. The molecule has 138 valence electrons. The minimum absolute atomic E-state index is 0.436. The van der Waals surface area contributed by atoms with Crippen molar-refractivity contribution in [3.63, 3.8) is 0 Å². The maximum Gasteiger partial charge on any atom is 0.231 e. The van der Waals surface area contributed by atoms with E-state index in [0.29, 0.717) is 6.42 Å². The Bertz CT molecular complexity index is 1320. The van der Waals surface area contributed by atoms with Gasteiger partial charge in [0.2, 0.25) is 11.2 Å². The van der Waals surface area contributed by atoms with Gasteiger partial charge in [-0.15, -0.1) is 0 Å². The fourth-order valence-corrected chi connectivity index (χ4v) is 4.29. The van der Waals surface area contributed by atoms with Crippen LogP contribution in [-0.2, 0) is 13.5 Å². The summed E-state index contributed by atoms with van der Waals surface area (Å²) in [5, 5.41) is 3.28. The van der Waals surface area contributed by atoms with Crippen molar-refractivity contribution in [2.75, 3.05) is 0 Å². The van der Waals surface area contributed by atoms with Crippen molar-refractivity contribution in [1.82, 2.24) is 0 Å². The van der Waals surface area contributed by atoms with Crippen molar-refractivity contribution in [1.29, 1.82) is 0 Å². The molecule has 4 nitrogen and oxygen atoms in total. The van der Waals surface area contributed by atoms with E-state index in [1.54, 1.807) is 6.26 Å². The van der Waals surface area contributed by atoms with Crippen molar-refractivity contribution in [3.8, 4) is 22.8 Å². The molecular formula is C24H21N2O2+. The summed E-state index contributed by atoms with van der Waals surface area (Å²) in [5.74, 6) is 1.71. The molecule has 1 aliphatic rings. The van der Waals surface area contributed by atoms with Crippen molar-refractivity contribution >= 4 is 21.7 Å². The SMILES string of the molecule is [C-]#[N+]C(C)(C)Cc1cc2c3c([n+](C)ccc3c1)-c1c(cc3ccoc3c1C)O2. The quantitative estimate of drug-likeness (QED) is 0.294. The lowest BCUT2D eigenvalue weighted by Crippen LogP contribution is -2.31. The van der Waals surface area contributed by atoms with Crippen molar-refractivity contribution in [2.45, 2.75) is 32.7 Å². The molecule has 0 amide bonds. The van der Waals surface area contributed by atoms with Crippen LogP contribution in [0.15, 0.2) is 47.2 Å². The second-order valence-electron chi connectivity index (χ2n) is 8.25. The van der Waals surface area contributed by atoms with E-state index >= 15 is 0 Å². The zero-order valence-corrected chi connectivity index (χ0v) is 16.5. The smallest absolute Gasteiger partial charge is 0.231 e. The van der Waals surface area contributed by atoms with Crippen LogP contribution >= 0.6 is 0 Å². The molecule has 0 aliphatic carbocycles. The van der Waals surface area contributed by atoms with Crippen LogP contribution in [0.2, 0.25) is 0 Å². The summed E-state index contributed by atoms with van der Waals surface area (Å²) >= 11 is 0. The minimum atomic E-state index is -0.436. The molecule has 0 saturated carbocycles. The van der Waals surface area contributed by atoms with Gasteiger partial charge >= 0.3 is 0 Å². The van der Waals surface area contributed by atoms with Gasteiger partial charge < -0.3 is 14.0 Å². The molecule has 2 aromatic carbocycles. The molecule has 5 rings (SSSR count). The van der Waals surface area contributed by atoms with Gasteiger partial charge in [-0.3, -0.25) is 0 Å². The number of hydrogen-bond acceptors (Lipinski definition) is 2. The summed E-state index contributed by atoms with van der Waals surface area (Å²) in [6.45, 7) is 13.5. The normalized spacial score (nSPS) is 12.7. The molecule has 3 heterocycles. The molecule has 4 heteroatoms. The third-order valence-electron chi connectivity index (χ3n) is 5.60. The third kappa shape index (κ3) is 2.33. The van der Waals surface area contributed by atoms with E-state index in [1.165, 1.54) is 0 Å². The fraction of sp³-hybridized carbons (Fsp3) is 0.250. The van der Waals surface area contributed by atoms with E-state index in [9.17, 15) is 0 Å². The standard InChI is InChI=1S/C24H21N2O2/c1-14-20-19(12-17-7-9-27-23(14)17)28-18-11-15(13-24(2,3)25-4)10-16-6-8-26(5)22(20)21(16)18/h6-12H,13H2,1-3,5H3/q+1. The van der Waals surface area contributed by atoms with Crippen molar-refractivity contribution in [3.05, 3.63) is 65.3 Å². The first kappa shape index (κ1) is 16.8. The Hall–Kier alpha value is -3.32. The number of hydrogen-bond donors (Lipinski definition) is 0. The van der Waals surface area contributed by atoms with Crippen LogP contribution in [0.4, 0.5) is 0 Å². The largest absolute Gasteiger partial charge is 0.464 e. The van der Waals surface area contributed by atoms with E-state index in [1.807, 2.05) is 19.9 Å². The lowest BCUT2D eigenvalue weighted by Gasteiger charge is -2.22. The number of pyridine rings is 1. The van der Waals surface area contributed by atoms with Gasteiger partial charge in [0.25, 0.3) is 0 Å². The molecule has 0 unspecified atom stereocenters. The Morgan fingerprint density at radius 1 is 1.11 bits per heavy atom. The minimum Gasteiger partial charge on any atom is -0.464 e. The summed E-state index contributed by atoms with van der Waals surface area (Å²) in [5.41, 5.74) is 4.89. The molecule has 0 bridgehead atoms. The number of benzene rings is 2. The first-order chi connectivity index (χ1) is 13.4. The number of ether oxygens (including phenoxy) is 1. The predicted molar refractivity (Wildman–Crippen MR) is 110 cm³/mol. The van der Waals surface area contributed by atoms with Gasteiger partial charge in [-0.05, 0) is 36.1 Å². The van der Waals surface area contributed by atoms with Crippen LogP contribution in [0.5, 0.6) is 11.5 Å². The Morgan fingerprint density at radius 2 is 1.93 bits per heavy atom. The monoisotopic (exact) mass is 369 g/mol. The van der Waals surface area contributed by atoms with E-state index in [0.717, 1.165) is 55.6 Å². The zero-order valence-electron chi connectivity index (χ0n) is 16.5. The highest BCUT2D eigenvalue weighted by Gasteiger charge is 2.32. The van der Waals surface area contributed by atoms with Gasteiger partial charge in [0, 0.05) is 30.9 Å². The van der Waals surface area contributed by atoms with Crippen LogP contribution in [0.3, 0.4) is 0 Å². The highest BCUT2D eigenvalue weighted by molar-refractivity contribution is 6.04.